The Bertz CT molecular complexity index is 627. The molecule has 1 unspecified atom stereocenters. The number of hydrogen-bond acceptors (Lipinski definition) is 3. The van der Waals surface area contributed by atoms with Crippen molar-refractivity contribution in [3.05, 3.63) is 34.6 Å². The molecule has 3 rings (SSSR count). The van der Waals surface area contributed by atoms with E-state index in [9.17, 15) is 9.18 Å². The average molecular weight is 369 g/mol. The van der Waals surface area contributed by atoms with Crippen molar-refractivity contribution in [2.75, 3.05) is 32.8 Å². The van der Waals surface area contributed by atoms with Crippen molar-refractivity contribution >= 4 is 17.5 Å². The van der Waals surface area contributed by atoms with E-state index in [-0.39, 0.29) is 28.8 Å². The van der Waals surface area contributed by atoms with Crippen LogP contribution in [0.4, 0.5) is 4.39 Å². The van der Waals surface area contributed by atoms with Crippen molar-refractivity contribution in [2.45, 2.75) is 38.6 Å². The minimum atomic E-state index is -0.383. The maximum absolute atomic E-state index is 13.3. The minimum absolute atomic E-state index is 0.119. The van der Waals surface area contributed by atoms with Crippen LogP contribution in [0.2, 0.25) is 5.02 Å². The minimum Gasteiger partial charge on any atom is -0.396 e. The summed E-state index contributed by atoms with van der Waals surface area (Å²) in [4.78, 5) is 16.5. The highest BCUT2D eigenvalue weighted by atomic mass is 35.5. The summed E-state index contributed by atoms with van der Waals surface area (Å²) in [6.45, 7) is 4.27. The summed E-state index contributed by atoms with van der Waals surface area (Å²) in [6.07, 6.45) is 4.41. The topological polar surface area (TPSA) is 43.8 Å². The number of rotatable bonds is 5. The monoisotopic (exact) mass is 368 g/mol. The highest BCUT2D eigenvalue weighted by molar-refractivity contribution is 6.30. The molecule has 1 N–H and O–H groups in total. The molecule has 6 heteroatoms. The van der Waals surface area contributed by atoms with Gasteiger partial charge in [-0.05, 0) is 49.9 Å². The van der Waals surface area contributed by atoms with Crippen LogP contribution in [-0.4, -0.2) is 53.6 Å². The van der Waals surface area contributed by atoms with E-state index in [1.807, 2.05) is 4.90 Å². The first-order chi connectivity index (χ1) is 12.0. The average Bonchev–Trinajstić information content (AvgIpc) is 2.59. The van der Waals surface area contributed by atoms with Gasteiger partial charge in [0.2, 0.25) is 5.91 Å². The first kappa shape index (κ1) is 18.6. The number of piperidine rings is 2. The second kappa shape index (κ2) is 8.02. The molecule has 2 fully saturated rings. The van der Waals surface area contributed by atoms with Gasteiger partial charge in [0.25, 0.3) is 0 Å². The van der Waals surface area contributed by atoms with Crippen LogP contribution in [0.5, 0.6) is 0 Å². The molecule has 2 aliphatic heterocycles. The zero-order valence-electron chi connectivity index (χ0n) is 14.5. The van der Waals surface area contributed by atoms with Gasteiger partial charge in [0, 0.05) is 44.6 Å². The smallest absolute Gasteiger partial charge is 0.222 e. The molecule has 1 aromatic carbocycles. The van der Waals surface area contributed by atoms with E-state index in [0.29, 0.717) is 19.4 Å². The number of hydrogen-bond donors (Lipinski definition) is 1. The molecule has 1 aromatic rings. The lowest BCUT2D eigenvalue weighted by Crippen LogP contribution is -2.54. The van der Waals surface area contributed by atoms with E-state index in [1.54, 1.807) is 12.1 Å². The molecule has 0 bridgehead atoms. The molecular weight excluding hydrogens is 343 g/mol. The second-order valence-corrected chi connectivity index (χ2v) is 7.86. The van der Waals surface area contributed by atoms with E-state index < -0.39 is 0 Å². The third-order valence-electron chi connectivity index (χ3n) is 5.46. The van der Waals surface area contributed by atoms with Crippen LogP contribution >= 0.6 is 11.6 Å². The molecule has 0 aromatic heterocycles. The summed E-state index contributed by atoms with van der Waals surface area (Å²) in [5.74, 6) is -0.174. The van der Waals surface area contributed by atoms with E-state index >= 15 is 0 Å². The highest BCUT2D eigenvalue weighted by Gasteiger charge is 2.41. The van der Waals surface area contributed by atoms with Crippen LogP contribution in [0.15, 0.2) is 18.2 Å². The maximum Gasteiger partial charge on any atom is 0.222 e. The number of benzene rings is 1. The zero-order chi connectivity index (χ0) is 17.9. The lowest BCUT2D eigenvalue weighted by atomic mass is 9.73. The molecule has 138 valence electrons. The third-order valence-corrected chi connectivity index (χ3v) is 5.75. The summed E-state index contributed by atoms with van der Waals surface area (Å²) >= 11 is 5.90. The van der Waals surface area contributed by atoms with Crippen molar-refractivity contribution in [3.63, 3.8) is 0 Å². The molecule has 2 heterocycles. The number of carbonyl (C=O) groups excluding carboxylic acids is 1. The van der Waals surface area contributed by atoms with Gasteiger partial charge >= 0.3 is 0 Å². The van der Waals surface area contributed by atoms with Gasteiger partial charge in [-0.2, -0.15) is 0 Å². The Morgan fingerprint density at radius 3 is 2.88 bits per heavy atom. The number of halogens is 2. The molecule has 25 heavy (non-hydrogen) atoms. The number of aliphatic hydroxyl groups is 1. The molecule has 4 nitrogen and oxygen atoms in total. The van der Waals surface area contributed by atoms with Crippen LogP contribution in [0.1, 0.15) is 37.7 Å². The van der Waals surface area contributed by atoms with Gasteiger partial charge in [-0.25, -0.2) is 4.39 Å². The fourth-order valence-corrected chi connectivity index (χ4v) is 4.45. The number of amides is 1. The van der Waals surface area contributed by atoms with E-state index in [4.69, 9.17) is 16.7 Å². The van der Waals surface area contributed by atoms with Gasteiger partial charge < -0.3 is 10.0 Å². The quantitative estimate of drug-likeness (QED) is 0.868. The van der Waals surface area contributed by atoms with Crippen molar-refractivity contribution in [1.82, 2.24) is 9.80 Å². The summed E-state index contributed by atoms with van der Waals surface area (Å²) < 4.78 is 13.3. The molecule has 2 aliphatic rings. The Labute approximate surface area is 153 Å². The van der Waals surface area contributed by atoms with Gasteiger partial charge in [0.1, 0.15) is 5.82 Å². The number of carbonyl (C=O) groups is 1. The number of likely N-dealkylation sites (tertiary alicyclic amines) is 2. The van der Waals surface area contributed by atoms with Crippen LogP contribution in [0.25, 0.3) is 0 Å². The predicted molar refractivity (Wildman–Crippen MR) is 95.9 cm³/mol. The van der Waals surface area contributed by atoms with Gasteiger partial charge in [0.05, 0.1) is 5.02 Å². The van der Waals surface area contributed by atoms with E-state index in [1.165, 1.54) is 6.07 Å². The SMILES string of the molecule is O=C1CCC2(CCCN(Cc3ccc(F)c(Cl)c3)C2)CN1CCCO. The van der Waals surface area contributed by atoms with Gasteiger partial charge in [-0.15, -0.1) is 0 Å². The van der Waals surface area contributed by atoms with Gasteiger partial charge in [0.15, 0.2) is 0 Å². The van der Waals surface area contributed by atoms with Gasteiger partial charge in [-0.1, -0.05) is 17.7 Å². The van der Waals surface area contributed by atoms with E-state index in [0.717, 1.165) is 51.0 Å². The Morgan fingerprint density at radius 1 is 1.28 bits per heavy atom. The summed E-state index contributed by atoms with van der Waals surface area (Å²) in [6, 6.07) is 4.92. The molecule has 0 aliphatic carbocycles. The Morgan fingerprint density at radius 2 is 2.12 bits per heavy atom. The van der Waals surface area contributed by atoms with Crippen LogP contribution in [0, 0.1) is 11.2 Å². The summed E-state index contributed by atoms with van der Waals surface area (Å²) in [5, 5.41) is 9.22. The maximum atomic E-state index is 13.3. The Balaban J connectivity index is 1.65. The third kappa shape index (κ3) is 4.52. The fraction of sp³-hybridized carbons (Fsp3) is 0.632. The first-order valence-corrected chi connectivity index (χ1v) is 9.44. The molecule has 0 radical (unpaired) electrons. The molecular formula is C19H26ClFN2O2. The Kier molecular flexibility index (Phi) is 5.97. The predicted octanol–water partition coefficient (Wildman–Crippen LogP) is 3.07. The molecule has 2 saturated heterocycles. The van der Waals surface area contributed by atoms with Gasteiger partial charge in [-0.3, -0.25) is 9.69 Å². The van der Waals surface area contributed by atoms with Crippen molar-refractivity contribution < 1.29 is 14.3 Å². The van der Waals surface area contributed by atoms with Crippen molar-refractivity contribution in [3.8, 4) is 0 Å². The number of nitrogens with zero attached hydrogens (tertiary/aromatic N) is 2. The lowest BCUT2D eigenvalue weighted by Gasteiger charge is -2.48. The molecule has 1 atom stereocenters. The van der Waals surface area contributed by atoms with Crippen molar-refractivity contribution in [2.24, 2.45) is 5.41 Å². The molecule has 1 spiro atoms. The molecule has 1 amide bonds. The normalized spacial score (nSPS) is 24.9. The summed E-state index contributed by atoms with van der Waals surface area (Å²) in [7, 11) is 0. The van der Waals surface area contributed by atoms with Crippen LogP contribution in [0.3, 0.4) is 0 Å². The zero-order valence-corrected chi connectivity index (χ0v) is 15.3. The summed E-state index contributed by atoms with van der Waals surface area (Å²) in [5.41, 5.74) is 1.17. The first-order valence-electron chi connectivity index (χ1n) is 9.06. The van der Waals surface area contributed by atoms with Crippen LogP contribution < -0.4 is 0 Å². The second-order valence-electron chi connectivity index (χ2n) is 7.46. The fourth-order valence-electron chi connectivity index (χ4n) is 4.24. The lowest BCUT2D eigenvalue weighted by molar-refractivity contribution is -0.139. The largest absolute Gasteiger partial charge is 0.396 e. The Hall–Kier alpha value is -1.17. The van der Waals surface area contributed by atoms with Crippen LogP contribution in [-0.2, 0) is 11.3 Å². The number of aliphatic hydroxyl groups excluding tert-OH is 1. The highest BCUT2D eigenvalue weighted by Crippen LogP contribution is 2.39. The van der Waals surface area contributed by atoms with Crippen molar-refractivity contribution in [1.29, 1.82) is 0 Å². The van der Waals surface area contributed by atoms with E-state index in [2.05, 4.69) is 4.90 Å². The molecule has 0 saturated carbocycles. The standard InChI is InChI=1S/C19H26ClFN2O2/c20-16-11-15(3-4-17(16)21)12-22-8-1-6-19(13-22)7-5-18(25)23(14-19)9-2-10-24/h3-4,11,24H,1-2,5-10,12-14H2.